The average Bonchev–Trinajstić information content (AvgIpc) is 2.85. The quantitative estimate of drug-likeness (QED) is 0.702. The molecule has 1 aliphatic carbocycles. The van der Waals surface area contributed by atoms with E-state index in [0.717, 1.165) is 12.2 Å². The van der Waals surface area contributed by atoms with E-state index in [1.54, 1.807) is 0 Å². The monoisotopic (exact) mass is 283 g/mol. The van der Waals surface area contributed by atoms with Crippen molar-refractivity contribution in [3.63, 3.8) is 0 Å². The molecule has 0 fully saturated rings. The summed E-state index contributed by atoms with van der Waals surface area (Å²) in [6, 6.07) is 15.6. The van der Waals surface area contributed by atoms with Gasteiger partial charge in [0.25, 0.3) is 0 Å². The summed E-state index contributed by atoms with van der Waals surface area (Å²) < 4.78 is 0. The second-order valence-electron chi connectivity index (χ2n) is 5.43. The van der Waals surface area contributed by atoms with Gasteiger partial charge in [0.2, 0.25) is 0 Å². The zero-order valence-electron chi connectivity index (χ0n) is 11.9. The minimum absolute atomic E-state index is 0.153. The average molecular weight is 283 g/mol. The molecule has 0 saturated heterocycles. The van der Waals surface area contributed by atoms with Gasteiger partial charge in [0.1, 0.15) is 0 Å². The molecule has 3 rings (SSSR count). The summed E-state index contributed by atoms with van der Waals surface area (Å²) >= 11 is 1.95. The van der Waals surface area contributed by atoms with Gasteiger partial charge in [0, 0.05) is 11.8 Å². The molecule has 1 unspecified atom stereocenters. The predicted octanol–water partition coefficient (Wildman–Crippen LogP) is 4.40. The number of hydrogen-bond acceptors (Lipinski definition) is 2. The van der Waals surface area contributed by atoms with E-state index in [4.69, 9.17) is 5.73 Å². The molecule has 0 saturated carbocycles. The SMILES string of the molecule is CCCSCC(N)c1ccc2c(c1)Cc1ccccc1-2. The largest absolute Gasteiger partial charge is 0.323 e. The Balaban J connectivity index is 1.80. The Hall–Kier alpha value is -1.25. The lowest BCUT2D eigenvalue weighted by Crippen LogP contribution is -2.13. The minimum atomic E-state index is 0.153. The first-order valence-corrected chi connectivity index (χ1v) is 8.49. The second kappa shape index (κ2) is 6.02. The van der Waals surface area contributed by atoms with E-state index in [1.165, 1.54) is 40.0 Å². The van der Waals surface area contributed by atoms with Crippen molar-refractivity contribution in [3.05, 3.63) is 59.2 Å². The Morgan fingerprint density at radius 2 is 1.90 bits per heavy atom. The molecule has 2 heteroatoms. The molecule has 20 heavy (non-hydrogen) atoms. The smallest absolute Gasteiger partial charge is 0.0386 e. The van der Waals surface area contributed by atoms with Crippen LogP contribution in [0.5, 0.6) is 0 Å². The third kappa shape index (κ3) is 2.63. The van der Waals surface area contributed by atoms with E-state index in [1.807, 2.05) is 11.8 Å². The number of benzene rings is 2. The molecule has 2 N–H and O–H groups in total. The fraction of sp³-hybridized carbons (Fsp3) is 0.333. The molecule has 0 aliphatic heterocycles. The van der Waals surface area contributed by atoms with Gasteiger partial charge in [-0.3, -0.25) is 0 Å². The van der Waals surface area contributed by atoms with Crippen LogP contribution in [0.25, 0.3) is 11.1 Å². The second-order valence-corrected chi connectivity index (χ2v) is 6.58. The Morgan fingerprint density at radius 1 is 1.10 bits per heavy atom. The highest BCUT2D eigenvalue weighted by molar-refractivity contribution is 7.99. The van der Waals surface area contributed by atoms with Gasteiger partial charge in [-0.2, -0.15) is 11.8 Å². The van der Waals surface area contributed by atoms with Crippen LogP contribution < -0.4 is 5.73 Å². The third-order valence-corrected chi connectivity index (χ3v) is 5.18. The molecule has 0 heterocycles. The molecule has 1 aliphatic rings. The van der Waals surface area contributed by atoms with Gasteiger partial charge in [0.15, 0.2) is 0 Å². The van der Waals surface area contributed by atoms with Crippen LogP contribution in [0.4, 0.5) is 0 Å². The minimum Gasteiger partial charge on any atom is -0.323 e. The van der Waals surface area contributed by atoms with Gasteiger partial charge in [-0.15, -0.1) is 0 Å². The number of thioether (sulfide) groups is 1. The van der Waals surface area contributed by atoms with Crippen molar-refractivity contribution in [2.45, 2.75) is 25.8 Å². The number of rotatable bonds is 5. The highest BCUT2D eigenvalue weighted by Gasteiger charge is 2.18. The Kier molecular flexibility index (Phi) is 4.13. The van der Waals surface area contributed by atoms with Gasteiger partial charge >= 0.3 is 0 Å². The Labute approximate surface area is 125 Å². The molecule has 0 aromatic heterocycles. The summed E-state index contributed by atoms with van der Waals surface area (Å²) in [5.41, 5.74) is 13.2. The van der Waals surface area contributed by atoms with E-state index < -0.39 is 0 Å². The Morgan fingerprint density at radius 3 is 2.75 bits per heavy atom. The predicted molar refractivity (Wildman–Crippen MR) is 89.2 cm³/mol. The number of fused-ring (bicyclic) bond motifs is 3. The van der Waals surface area contributed by atoms with Crippen molar-refractivity contribution in [3.8, 4) is 11.1 Å². The third-order valence-electron chi connectivity index (χ3n) is 3.89. The van der Waals surface area contributed by atoms with E-state index in [-0.39, 0.29) is 6.04 Å². The molecule has 0 radical (unpaired) electrons. The molecule has 1 nitrogen and oxygen atoms in total. The molecule has 1 atom stereocenters. The normalized spacial score (nSPS) is 13.9. The summed E-state index contributed by atoms with van der Waals surface area (Å²) in [5, 5.41) is 0. The molecule has 0 bridgehead atoms. The van der Waals surface area contributed by atoms with Crippen LogP contribution in [0.1, 0.15) is 36.1 Å². The lowest BCUT2D eigenvalue weighted by Gasteiger charge is -2.13. The first kappa shape index (κ1) is 13.7. The van der Waals surface area contributed by atoms with Crippen LogP contribution in [0, 0.1) is 0 Å². The lowest BCUT2D eigenvalue weighted by atomic mass is 10.0. The Bertz CT molecular complexity index is 606. The van der Waals surface area contributed by atoms with Gasteiger partial charge < -0.3 is 5.73 Å². The van der Waals surface area contributed by atoms with Crippen molar-refractivity contribution in [2.24, 2.45) is 5.73 Å². The summed E-state index contributed by atoms with van der Waals surface area (Å²) in [5.74, 6) is 2.21. The molecule has 2 aromatic carbocycles. The molecule has 2 aromatic rings. The summed E-state index contributed by atoms with van der Waals surface area (Å²) in [7, 11) is 0. The van der Waals surface area contributed by atoms with Crippen LogP contribution in [-0.2, 0) is 6.42 Å². The van der Waals surface area contributed by atoms with Crippen LogP contribution in [0.15, 0.2) is 42.5 Å². The molecule has 0 spiro atoms. The van der Waals surface area contributed by atoms with E-state index in [9.17, 15) is 0 Å². The maximum Gasteiger partial charge on any atom is 0.0386 e. The van der Waals surface area contributed by atoms with Crippen molar-refractivity contribution in [1.82, 2.24) is 0 Å². The molecular weight excluding hydrogens is 262 g/mol. The molecule has 0 amide bonds. The zero-order chi connectivity index (χ0) is 13.9. The summed E-state index contributed by atoms with van der Waals surface area (Å²) in [4.78, 5) is 0. The topological polar surface area (TPSA) is 26.0 Å². The maximum absolute atomic E-state index is 6.31. The van der Waals surface area contributed by atoms with E-state index in [0.29, 0.717) is 0 Å². The van der Waals surface area contributed by atoms with E-state index in [2.05, 4.69) is 49.4 Å². The van der Waals surface area contributed by atoms with Crippen molar-refractivity contribution in [1.29, 1.82) is 0 Å². The van der Waals surface area contributed by atoms with Crippen LogP contribution >= 0.6 is 11.8 Å². The molecule has 104 valence electrons. The summed E-state index contributed by atoms with van der Waals surface area (Å²) in [6.45, 7) is 2.21. The highest BCUT2D eigenvalue weighted by atomic mass is 32.2. The highest BCUT2D eigenvalue weighted by Crippen LogP contribution is 2.37. The standard InChI is InChI=1S/C18H21NS/c1-2-9-20-12-18(19)14-7-8-17-15(11-14)10-13-5-3-4-6-16(13)17/h3-8,11,18H,2,9-10,12,19H2,1H3. The van der Waals surface area contributed by atoms with Gasteiger partial charge in [-0.1, -0.05) is 49.4 Å². The number of nitrogens with two attached hydrogens (primary N) is 1. The van der Waals surface area contributed by atoms with Crippen molar-refractivity contribution >= 4 is 11.8 Å². The van der Waals surface area contributed by atoms with Crippen LogP contribution in [0.3, 0.4) is 0 Å². The maximum atomic E-state index is 6.31. The lowest BCUT2D eigenvalue weighted by molar-refractivity contribution is 0.829. The van der Waals surface area contributed by atoms with Crippen molar-refractivity contribution in [2.75, 3.05) is 11.5 Å². The van der Waals surface area contributed by atoms with Gasteiger partial charge in [-0.05, 0) is 46.4 Å². The van der Waals surface area contributed by atoms with Gasteiger partial charge in [0.05, 0.1) is 0 Å². The molecular formula is C18H21NS. The van der Waals surface area contributed by atoms with Crippen LogP contribution in [0.2, 0.25) is 0 Å². The van der Waals surface area contributed by atoms with E-state index >= 15 is 0 Å². The first-order chi connectivity index (χ1) is 9.79. The van der Waals surface area contributed by atoms with Crippen molar-refractivity contribution < 1.29 is 0 Å². The number of hydrogen-bond donors (Lipinski definition) is 1. The van der Waals surface area contributed by atoms with Gasteiger partial charge in [-0.25, -0.2) is 0 Å². The summed E-state index contributed by atoms with van der Waals surface area (Å²) in [6.07, 6.45) is 2.27. The fourth-order valence-corrected chi connectivity index (χ4v) is 3.75. The van der Waals surface area contributed by atoms with Crippen LogP contribution in [-0.4, -0.2) is 11.5 Å². The first-order valence-electron chi connectivity index (χ1n) is 7.34. The zero-order valence-corrected chi connectivity index (χ0v) is 12.7. The fourth-order valence-electron chi connectivity index (χ4n) is 2.85.